The molecule has 0 aliphatic carbocycles. The lowest BCUT2D eigenvalue weighted by Crippen LogP contribution is -2.43. The van der Waals surface area contributed by atoms with Gasteiger partial charge in [0.15, 0.2) is 0 Å². The van der Waals surface area contributed by atoms with Crippen LogP contribution in [0.5, 0.6) is 5.75 Å². The molecule has 0 saturated heterocycles. The Morgan fingerprint density at radius 2 is 2.37 bits per heavy atom. The van der Waals surface area contributed by atoms with Crippen molar-refractivity contribution in [2.24, 2.45) is 0 Å². The molecule has 19 heavy (non-hydrogen) atoms. The molecular weight excluding hydrogens is 244 g/mol. The molecule has 5 heteroatoms. The highest BCUT2D eigenvalue weighted by molar-refractivity contribution is 5.93. The first-order chi connectivity index (χ1) is 9.17. The van der Waals surface area contributed by atoms with Crippen LogP contribution in [0.4, 0.5) is 10.5 Å². The molecule has 5 nitrogen and oxygen atoms in total. The predicted molar refractivity (Wildman–Crippen MR) is 73.6 cm³/mol. The van der Waals surface area contributed by atoms with Gasteiger partial charge >= 0.3 is 6.03 Å². The number of aliphatic hydroxyl groups excluding tert-OH is 1. The quantitative estimate of drug-likeness (QED) is 0.878. The van der Waals surface area contributed by atoms with E-state index in [0.717, 1.165) is 17.7 Å². The van der Waals surface area contributed by atoms with Crippen molar-refractivity contribution in [2.45, 2.75) is 25.9 Å². The van der Waals surface area contributed by atoms with Gasteiger partial charge in [-0.1, -0.05) is 13.0 Å². The summed E-state index contributed by atoms with van der Waals surface area (Å²) in [4.78, 5) is 13.8. The van der Waals surface area contributed by atoms with Gasteiger partial charge < -0.3 is 15.2 Å². The third-order valence-electron chi connectivity index (χ3n) is 3.28. The summed E-state index contributed by atoms with van der Waals surface area (Å²) >= 11 is 0. The number of urea groups is 1. The maximum absolute atomic E-state index is 12.1. The van der Waals surface area contributed by atoms with E-state index in [1.54, 1.807) is 24.1 Å². The first-order valence-corrected chi connectivity index (χ1v) is 6.58. The highest BCUT2D eigenvalue weighted by Gasteiger charge is 2.27. The smallest absolute Gasteiger partial charge is 0.321 e. The van der Waals surface area contributed by atoms with E-state index in [1.165, 1.54) is 0 Å². The van der Waals surface area contributed by atoms with E-state index in [9.17, 15) is 9.90 Å². The van der Waals surface area contributed by atoms with Gasteiger partial charge in [0, 0.05) is 24.7 Å². The Balaban J connectivity index is 2.29. The van der Waals surface area contributed by atoms with E-state index in [2.05, 4.69) is 5.32 Å². The van der Waals surface area contributed by atoms with Gasteiger partial charge in [0.05, 0.1) is 18.9 Å². The molecule has 0 saturated carbocycles. The van der Waals surface area contributed by atoms with Crippen LogP contribution in [-0.2, 0) is 0 Å². The molecule has 2 N–H and O–H groups in total. The van der Waals surface area contributed by atoms with E-state index in [-0.39, 0.29) is 6.03 Å². The topological polar surface area (TPSA) is 61.8 Å². The second kappa shape index (κ2) is 5.93. The number of fused-ring (bicyclic) bond motifs is 1. The molecule has 2 rings (SSSR count). The largest absolute Gasteiger partial charge is 0.497 e. The summed E-state index contributed by atoms with van der Waals surface area (Å²) in [5.41, 5.74) is 1.51. The summed E-state index contributed by atoms with van der Waals surface area (Å²) in [6.45, 7) is 3.17. The number of ether oxygens (including phenoxy) is 1. The number of anilines is 1. The number of benzene rings is 1. The van der Waals surface area contributed by atoms with Gasteiger partial charge in [-0.2, -0.15) is 0 Å². The monoisotopic (exact) mass is 264 g/mol. The van der Waals surface area contributed by atoms with Crippen molar-refractivity contribution in [1.29, 1.82) is 0 Å². The van der Waals surface area contributed by atoms with Gasteiger partial charge in [0.1, 0.15) is 5.75 Å². The van der Waals surface area contributed by atoms with E-state index in [0.29, 0.717) is 25.3 Å². The minimum Gasteiger partial charge on any atom is -0.497 e. The predicted octanol–water partition coefficient (Wildman–Crippen LogP) is 2.06. The Bertz CT molecular complexity index is 462. The lowest BCUT2D eigenvalue weighted by Gasteiger charge is -2.32. The van der Waals surface area contributed by atoms with Crippen LogP contribution in [0.25, 0.3) is 0 Å². The maximum Gasteiger partial charge on any atom is 0.321 e. The molecule has 1 unspecified atom stereocenters. The number of hydrogen-bond acceptors (Lipinski definition) is 3. The van der Waals surface area contributed by atoms with Crippen molar-refractivity contribution in [1.82, 2.24) is 5.32 Å². The Morgan fingerprint density at radius 3 is 3.05 bits per heavy atom. The second-order valence-corrected chi connectivity index (χ2v) is 4.61. The summed E-state index contributed by atoms with van der Waals surface area (Å²) in [5.74, 6) is 0.682. The number of aliphatic hydroxyl groups is 1. The first kappa shape index (κ1) is 13.7. The summed E-state index contributed by atoms with van der Waals surface area (Å²) < 4.78 is 5.18. The van der Waals surface area contributed by atoms with Gasteiger partial charge in [-0.25, -0.2) is 4.79 Å². The van der Waals surface area contributed by atoms with Crippen LogP contribution in [0.2, 0.25) is 0 Å². The number of hydrogen-bond donors (Lipinski definition) is 2. The number of nitrogens with zero attached hydrogens (tertiary/aromatic N) is 1. The fraction of sp³-hybridized carbons (Fsp3) is 0.500. The van der Waals surface area contributed by atoms with Crippen LogP contribution in [0, 0.1) is 0 Å². The number of carbonyl (C=O) groups is 1. The van der Waals surface area contributed by atoms with Gasteiger partial charge in [-0.15, -0.1) is 0 Å². The van der Waals surface area contributed by atoms with Crippen LogP contribution in [-0.4, -0.2) is 31.3 Å². The number of amides is 2. The number of methoxy groups -OCH3 is 1. The number of nitrogens with one attached hydrogen (secondary N) is 1. The lowest BCUT2D eigenvalue weighted by molar-refractivity contribution is 0.164. The summed E-state index contributed by atoms with van der Waals surface area (Å²) in [6, 6.07) is 5.29. The van der Waals surface area contributed by atoms with Gasteiger partial charge in [0.25, 0.3) is 0 Å². The molecule has 2 amide bonds. The standard InChI is InChI=1S/C14H20N2O3/c1-3-7-15-14(18)16-8-6-13(17)11-5-4-10(19-2)9-12(11)16/h4-5,9,13,17H,3,6-8H2,1-2H3,(H,15,18). The van der Waals surface area contributed by atoms with Crippen molar-refractivity contribution < 1.29 is 14.6 Å². The van der Waals surface area contributed by atoms with Crippen LogP contribution < -0.4 is 15.0 Å². The number of carbonyl (C=O) groups excluding carboxylic acids is 1. The third-order valence-corrected chi connectivity index (χ3v) is 3.28. The number of rotatable bonds is 3. The van der Waals surface area contributed by atoms with Crippen molar-refractivity contribution in [2.75, 3.05) is 25.1 Å². The first-order valence-electron chi connectivity index (χ1n) is 6.58. The molecule has 1 aromatic carbocycles. The Kier molecular flexibility index (Phi) is 4.27. The zero-order chi connectivity index (χ0) is 13.8. The zero-order valence-electron chi connectivity index (χ0n) is 11.3. The Morgan fingerprint density at radius 1 is 1.58 bits per heavy atom. The highest BCUT2D eigenvalue weighted by Crippen LogP contribution is 2.36. The Labute approximate surface area is 113 Å². The summed E-state index contributed by atoms with van der Waals surface area (Å²) in [7, 11) is 1.59. The highest BCUT2D eigenvalue weighted by atomic mass is 16.5. The summed E-state index contributed by atoms with van der Waals surface area (Å²) in [6.07, 6.45) is 0.933. The maximum atomic E-state index is 12.1. The van der Waals surface area contributed by atoms with Crippen molar-refractivity contribution in [3.8, 4) is 5.75 Å². The van der Waals surface area contributed by atoms with E-state index >= 15 is 0 Å². The van der Waals surface area contributed by atoms with E-state index < -0.39 is 6.10 Å². The summed E-state index contributed by atoms with van der Waals surface area (Å²) in [5, 5.41) is 12.9. The minimum atomic E-state index is -0.517. The molecule has 0 radical (unpaired) electrons. The molecule has 1 heterocycles. The molecule has 0 bridgehead atoms. The molecule has 0 aromatic heterocycles. The van der Waals surface area contributed by atoms with Crippen molar-refractivity contribution in [3.63, 3.8) is 0 Å². The fourth-order valence-electron chi connectivity index (χ4n) is 2.23. The van der Waals surface area contributed by atoms with Crippen LogP contribution >= 0.6 is 0 Å². The molecule has 1 atom stereocenters. The van der Waals surface area contributed by atoms with Crippen molar-refractivity contribution in [3.05, 3.63) is 23.8 Å². The normalized spacial score (nSPS) is 17.8. The van der Waals surface area contributed by atoms with Crippen LogP contribution in [0.3, 0.4) is 0 Å². The van der Waals surface area contributed by atoms with Crippen molar-refractivity contribution >= 4 is 11.7 Å². The van der Waals surface area contributed by atoms with E-state index in [4.69, 9.17) is 4.74 Å². The molecule has 0 fully saturated rings. The van der Waals surface area contributed by atoms with Gasteiger partial charge in [-0.3, -0.25) is 4.90 Å². The van der Waals surface area contributed by atoms with Gasteiger partial charge in [-0.05, 0) is 18.9 Å². The molecule has 1 aliphatic rings. The Hall–Kier alpha value is -1.75. The third kappa shape index (κ3) is 2.81. The zero-order valence-corrected chi connectivity index (χ0v) is 11.3. The molecular formula is C14H20N2O3. The van der Waals surface area contributed by atoms with Crippen LogP contribution in [0.15, 0.2) is 18.2 Å². The fourth-order valence-corrected chi connectivity index (χ4v) is 2.23. The molecule has 1 aliphatic heterocycles. The van der Waals surface area contributed by atoms with E-state index in [1.807, 2.05) is 13.0 Å². The SMILES string of the molecule is CCCNC(=O)N1CCC(O)c2ccc(OC)cc21. The minimum absolute atomic E-state index is 0.122. The molecule has 0 spiro atoms. The molecule has 1 aromatic rings. The average molecular weight is 264 g/mol. The second-order valence-electron chi connectivity index (χ2n) is 4.61. The molecule has 104 valence electrons. The average Bonchev–Trinajstić information content (AvgIpc) is 2.44. The van der Waals surface area contributed by atoms with Crippen LogP contribution in [0.1, 0.15) is 31.4 Å². The van der Waals surface area contributed by atoms with Gasteiger partial charge in [0.2, 0.25) is 0 Å². The lowest BCUT2D eigenvalue weighted by atomic mass is 9.99.